The van der Waals surface area contributed by atoms with Crippen molar-refractivity contribution in [3.8, 4) is 0 Å². The normalized spacial score (nSPS) is 26.7. The molecule has 1 aromatic rings. The number of alkyl carbamates (subject to hydrolysis) is 1. The number of rotatable bonds is 10. The predicted molar refractivity (Wildman–Crippen MR) is 176 cm³/mol. The highest BCUT2D eigenvalue weighted by Crippen LogP contribution is 2.46. The highest BCUT2D eigenvalue weighted by Gasteiger charge is 2.62. The molecule has 260 valence electrons. The Bertz CT molecular complexity index is 1540. The quantitative estimate of drug-likeness (QED) is 0.274. The van der Waals surface area contributed by atoms with E-state index in [1.807, 2.05) is 32.0 Å². The molecular formula is C34H50N4O8S. The lowest BCUT2D eigenvalue weighted by atomic mass is 9.85. The third-order valence-electron chi connectivity index (χ3n) is 9.04. The Morgan fingerprint density at radius 3 is 2.23 bits per heavy atom. The minimum atomic E-state index is -3.90. The van der Waals surface area contributed by atoms with Crippen LogP contribution in [-0.2, 0) is 34.7 Å². The highest BCUT2D eigenvalue weighted by molar-refractivity contribution is 7.91. The molecule has 4 rings (SSSR count). The lowest BCUT2D eigenvalue weighted by molar-refractivity contribution is -0.143. The average Bonchev–Trinajstić information content (AvgIpc) is 3.87. The molecule has 1 saturated heterocycles. The van der Waals surface area contributed by atoms with Gasteiger partial charge in [0.25, 0.3) is 5.91 Å². The molecule has 12 nitrogen and oxygen atoms in total. The summed E-state index contributed by atoms with van der Waals surface area (Å²) < 4.78 is 32.8. The molecule has 2 aliphatic carbocycles. The number of benzene rings is 1. The summed E-state index contributed by atoms with van der Waals surface area (Å²) in [4.78, 5) is 56.1. The summed E-state index contributed by atoms with van der Waals surface area (Å²) in [5, 5.41) is 16.9. The molecule has 1 aromatic carbocycles. The topological polar surface area (TPSA) is 171 Å². The Morgan fingerprint density at radius 2 is 1.72 bits per heavy atom. The first-order valence-corrected chi connectivity index (χ1v) is 17.7. The van der Waals surface area contributed by atoms with Gasteiger partial charge < -0.3 is 25.4 Å². The van der Waals surface area contributed by atoms with E-state index in [1.54, 1.807) is 47.6 Å². The van der Waals surface area contributed by atoms with Gasteiger partial charge in [0, 0.05) is 12.3 Å². The Morgan fingerprint density at radius 1 is 1.09 bits per heavy atom. The smallest absolute Gasteiger partial charge is 0.408 e. The predicted octanol–water partition coefficient (Wildman–Crippen LogP) is 3.21. The molecule has 5 atom stereocenters. The molecule has 0 spiro atoms. The maximum atomic E-state index is 14.4. The number of amides is 4. The van der Waals surface area contributed by atoms with Crippen molar-refractivity contribution in [2.75, 3.05) is 6.54 Å². The molecule has 4 N–H and O–H groups in total. The third-order valence-corrected chi connectivity index (χ3v) is 10.9. The van der Waals surface area contributed by atoms with Crippen LogP contribution in [0.15, 0.2) is 36.9 Å². The van der Waals surface area contributed by atoms with Crippen LogP contribution in [-0.4, -0.2) is 77.3 Å². The second-order valence-electron chi connectivity index (χ2n) is 15.6. The average molecular weight is 675 g/mol. The minimum absolute atomic E-state index is 0.125. The van der Waals surface area contributed by atoms with Crippen LogP contribution in [0.25, 0.3) is 0 Å². The zero-order chi connectivity index (χ0) is 35.3. The summed E-state index contributed by atoms with van der Waals surface area (Å²) in [6.07, 6.45) is 1.50. The van der Waals surface area contributed by atoms with E-state index in [1.165, 1.54) is 11.0 Å². The Kier molecular flexibility index (Phi) is 9.71. The zero-order valence-electron chi connectivity index (χ0n) is 28.7. The third kappa shape index (κ3) is 7.99. The molecule has 0 aromatic heterocycles. The lowest BCUT2D eigenvalue weighted by Crippen LogP contribution is -2.60. The Hall–Kier alpha value is -3.45. The number of β-amino-alcohol motifs (C(OH)–C–C–N with tert-alkyl or cyclic N) is 1. The zero-order valence-corrected chi connectivity index (χ0v) is 29.5. The van der Waals surface area contributed by atoms with Gasteiger partial charge in [0.05, 0.1) is 11.8 Å². The van der Waals surface area contributed by atoms with Crippen LogP contribution >= 0.6 is 0 Å². The molecular weight excluding hydrogens is 624 g/mol. The summed E-state index contributed by atoms with van der Waals surface area (Å²) in [5.41, 5.74) is -3.42. The molecule has 0 bridgehead atoms. The van der Waals surface area contributed by atoms with Gasteiger partial charge in [-0.2, -0.15) is 0 Å². The van der Waals surface area contributed by atoms with Crippen molar-refractivity contribution in [3.63, 3.8) is 0 Å². The first kappa shape index (κ1) is 36.4. The van der Waals surface area contributed by atoms with Crippen molar-refractivity contribution in [2.24, 2.45) is 11.3 Å². The van der Waals surface area contributed by atoms with Gasteiger partial charge in [-0.15, -0.1) is 6.58 Å². The summed E-state index contributed by atoms with van der Waals surface area (Å²) in [7, 11) is -3.90. The number of likely N-dealkylation sites (tertiary alicyclic amines) is 1. The van der Waals surface area contributed by atoms with Crippen LogP contribution in [0.2, 0.25) is 0 Å². The van der Waals surface area contributed by atoms with E-state index in [2.05, 4.69) is 21.9 Å². The number of sulfonamides is 1. The maximum absolute atomic E-state index is 14.4. The van der Waals surface area contributed by atoms with E-state index in [-0.39, 0.29) is 25.3 Å². The van der Waals surface area contributed by atoms with Gasteiger partial charge in [-0.25, -0.2) is 13.2 Å². The molecule has 2 saturated carbocycles. The van der Waals surface area contributed by atoms with Gasteiger partial charge in [0.2, 0.25) is 21.8 Å². The van der Waals surface area contributed by atoms with Crippen molar-refractivity contribution in [2.45, 2.75) is 121 Å². The van der Waals surface area contributed by atoms with Crippen molar-refractivity contribution in [3.05, 3.63) is 48.0 Å². The van der Waals surface area contributed by atoms with Crippen LogP contribution in [0.4, 0.5) is 4.79 Å². The van der Waals surface area contributed by atoms with E-state index in [0.717, 1.165) is 5.56 Å². The van der Waals surface area contributed by atoms with Gasteiger partial charge in [0.1, 0.15) is 28.8 Å². The molecule has 47 heavy (non-hydrogen) atoms. The molecule has 3 fully saturated rings. The van der Waals surface area contributed by atoms with Gasteiger partial charge in [-0.3, -0.25) is 19.1 Å². The van der Waals surface area contributed by atoms with Crippen LogP contribution in [0.3, 0.4) is 0 Å². The molecule has 1 heterocycles. The van der Waals surface area contributed by atoms with Crippen LogP contribution in [0, 0.1) is 11.3 Å². The van der Waals surface area contributed by atoms with Crippen molar-refractivity contribution in [1.29, 1.82) is 0 Å². The Balaban J connectivity index is 1.69. The Labute approximate surface area is 278 Å². The molecule has 0 unspecified atom stereocenters. The number of nitrogens with one attached hydrogen (secondary N) is 3. The van der Waals surface area contributed by atoms with Crippen LogP contribution < -0.4 is 15.4 Å². The maximum Gasteiger partial charge on any atom is 0.408 e. The number of carbonyl (C=O) groups is 4. The van der Waals surface area contributed by atoms with Gasteiger partial charge >= 0.3 is 6.09 Å². The molecule has 4 amide bonds. The van der Waals surface area contributed by atoms with E-state index in [9.17, 15) is 32.7 Å². The van der Waals surface area contributed by atoms with Gasteiger partial charge in [-0.05, 0) is 62.5 Å². The van der Waals surface area contributed by atoms with Gasteiger partial charge in [0.15, 0.2) is 0 Å². The summed E-state index contributed by atoms with van der Waals surface area (Å²) in [6.45, 7) is 17.9. The number of nitrogens with zero attached hydrogens (tertiary/aromatic N) is 1. The standard InChI is InChI=1S/C34H50N4O8S/c1-10-22-17-34(22,29(41)37-47(44,45)24-14-15-24)36-27(39)25-18-33(43,23-13-11-12-21(16-23)20(2)3)19-38(25)28(40)26(31(4,5)6)35-30(42)46-32(7,8)9/h10-13,16,20,22,24-26,43H,1,14-15,17-19H2,2-9H3,(H,35,42)(H,36,39)(H,37,41)/t22-,25+,26-,33+,34-/m1/s1. The second kappa shape index (κ2) is 12.5. The monoisotopic (exact) mass is 674 g/mol. The largest absolute Gasteiger partial charge is 0.444 e. The fourth-order valence-corrected chi connectivity index (χ4v) is 7.37. The van der Waals surface area contributed by atoms with E-state index in [0.29, 0.717) is 18.4 Å². The number of hydrogen-bond donors (Lipinski definition) is 4. The second-order valence-corrected chi connectivity index (χ2v) is 17.6. The highest BCUT2D eigenvalue weighted by atomic mass is 32.2. The molecule has 3 aliphatic rings. The first-order chi connectivity index (χ1) is 21.5. The number of aliphatic hydroxyl groups is 1. The van der Waals surface area contributed by atoms with E-state index < -0.39 is 79.2 Å². The van der Waals surface area contributed by atoms with E-state index >= 15 is 0 Å². The van der Waals surface area contributed by atoms with Crippen LogP contribution in [0.1, 0.15) is 98.1 Å². The number of ether oxygens (including phenoxy) is 1. The molecule has 0 radical (unpaired) electrons. The summed E-state index contributed by atoms with van der Waals surface area (Å²) in [5.74, 6) is -2.61. The van der Waals surface area contributed by atoms with Gasteiger partial charge in [-0.1, -0.05) is 65.0 Å². The number of hydrogen-bond acceptors (Lipinski definition) is 8. The molecule has 1 aliphatic heterocycles. The minimum Gasteiger partial charge on any atom is -0.444 e. The van der Waals surface area contributed by atoms with Crippen molar-refractivity contribution < 1.29 is 37.4 Å². The summed E-state index contributed by atoms with van der Waals surface area (Å²) in [6, 6.07) is 4.90. The fraction of sp³-hybridized carbons (Fsp3) is 0.647. The van der Waals surface area contributed by atoms with E-state index in [4.69, 9.17) is 4.74 Å². The molecule has 13 heteroatoms. The first-order valence-electron chi connectivity index (χ1n) is 16.2. The van der Waals surface area contributed by atoms with Crippen molar-refractivity contribution >= 4 is 33.8 Å². The lowest BCUT2D eigenvalue weighted by Gasteiger charge is -2.36. The SMILES string of the molecule is C=C[C@@H]1C[C@]1(NC(=O)[C@@H]1C[C@@](O)(c2cccc(C(C)C)c2)CN1C(=O)[C@@H](NC(=O)OC(C)(C)C)C(C)(C)C)C(=O)NS(=O)(=O)C1CC1. The summed E-state index contributed by atoms with van der Waals surface area (Å²) >= 11 is 0. The fourth-order valence-electron chi connectivity index (χ4n) is 6.01. The van der Waals surface area contributed by atoms with Crippen LogP contribution in [0.5, 0.6) is 0 Å². The number of carbonyl (C=O) groups excluding carboxylic acids is 4. The van der Waals surface area contributed by atoms with Crippen molar-refractivity contribution in [1.82, 2.24) is 20.3 Å².